The van der Waals surface area contributed by atoms with Crippen molar-refractivity contribution in [3.8, 4) is 0 Å². The molecule has 0 amide bonds. The van der Waals surface area contributed by atoms with Crippen LogP contribution in [0, 0.1) is 11.3 Å². The van der Waals surface area contributed by atoms with Crippen molar-refractivity contribution in [3.05, 3.63) is 12.2 Å². The van der Waals surface area contributed by atoms with E-state index in [1.54, 1.807) is 6.33 Å². The highest BCUT2D eigenvalue weighted by atomic mass is 35.5. The average molecular weight is 244 g/mol. The molecule has 0 spiro atoms. The zero-order valence-electron chi connectivity index (χ0n) is 10.9. The van der Waals surface area contributed by atoms with Crippen LogP contribution in [0.1, 0.15) is 46.5 Å². The Balaban J connectivity index is 2.82. The summed E-state index contributed by atoms with van der Waals surface area (Å²) in [7, 11) is 0. The molecule has 92 valence electrons. The first-order chi connectivity index (χ1) is 7.36. The fourth-order valence-electron chi connectivity index (χ4n) is 1.66. The molecule has 0 radical (unpaired) electrons. The minimum absolute atomic E-state index is 0.204. The van der Waals surface area contributed by atoms with Gasteiger partial charge in [-0.15, -0.1) is 11.6 Å². The summed E-state index contributed by atoms with van der Waals surface area (Å²) in [5.41, 5.74) is 0.204. The molecule has 3 nitrogen and oxygen atoms in total. The van der Waals surface area contributed by atoms with Gasteiger partial charge >= 0.3 is 0 Å². The Morgan fingerprint density at radius 2 is 2.00 bits per heavy atom. The summed E-state index contributed by atoms with van der Waals surface area (Å²) in [5, 5.41) is 4.25. The van der Waals surface area contributed by atoms with E-state index in [0.717, 1.165) is 12.2 Å². The first-order valence-corrected chi connectivity index (χ1v) is 6.34. The second-order valence-corrected chi connectivity index (χ2v) is 5.94. The van der Waals surface area contributed by atoms with Crippen molar-refractivity contribution in [2.75, 3.05) is 5.88 Å². The fourth-order valence-corrected chi connectivity index (χ4v) is 2.24. The predicted molar refractivity (Wildman–Crippen MR) is 67.8 cm³/mol. The SMILES string of the molecule is CC(C)n1ncnc1CC(CCl)C(C)(C)C. The smallest absolute Gasteiger partial charge is 0.138 e. The van der Waals surface area contributed by atoms with Crippen LogP contribution < -0.4 is 0 Å². The number of aromatic nitrogens is 3. The van der Waals surface area contributed by atoms with Gasteiger partial charge in [-0.25, -0.2) is 9.67 Å². The van der Waals surface area contributed by atoms with Gasteiger partial charge in [-0.3, -0.25) is 0 Å². The molecule has 0 saturated heterocycles. The highest BCUT2D eigenvalue weighted by Crippen LogP contribution is 2.29. The van der Waals surface area contributed by atoms with Gasteiger partial charge in [-0.05, 0) is 25.2 Å². The molecule has 1 rings (SSSR count). The third kappa shape index (κ3) is 3.21. The van der Waals surface area contributed by atoms with E-state index in [1.165, 1.54) is 0 Å². The number of rotatable bonds is 4. The topological polar surface area (TPSA) is 30.7 Å². The van der Waals surface area contributed by atoms with E-state index >= 15 is 0 Å². The summed E-state index contributed by atoms with van der Waals surface area (Å²) in [5.74, 6) is 2.13. The van der Waals surface area contributed by atoms with Crippen molar-refractivity contribution in [1.29, 1.82) is 0 Å². The van der Waals surface area contributed by atoms with E-state index in [2.05, 4.69) is 44.7 Å². The third-order valence-electron chi connectivity index (χ3n) is 2.98. The lowest BCUT2D eigenvalue weighted by Crippen LogP contribution is -2.26. The largest absolute Gasteiger partial charge is 0.248 e. The van der Waals surface area contributed by atoms with E-state index < -0.39 is 0 Å². The standard InChI is InChI=1S/C12H22ClN3/c1-9(2)16-11(14-8-15-16)6-10(7-13)12(3,4)5/h8-10H,6-7H2,1-5H3. The van der Waals surface area contributed by atoms with Crippen molar-refractivity contribution in [2.45, 2.75) is 47.1 Å². The normalized spacial score (nSPS) is 14.4. The first-order valence-electron chi connectivity index (χ1n) is 5.80. The Labute approximate surface area is 103 Å². The van der Waals surface area contributed by atoms with E-state index in [-0.39, 0.29) is 5.41 Å². The Kier molecular flexibility index (Phi) is 4.36. The van der Waals surface area contributed by atoms with Gasteiger partial charge in [0, 0.05) is 18.3 Å². The number of halogens is 1. The minimum Gasteiger partial charge on any atom is -0.248 e. The van der Waals surface area contributed by atoms with Crippen LogP contribution in [0.4, 0.5) is 0 Å². The number of alkyl halides is 1. The number of hydrogen-bond acceptors (Lipinski definition) is 2. The quantitative estimate of drug-likeness (QED) is 0.760. The second-order valence-electron chi connectivity index (χ2n) is 5.64. The molecule has 1 heterocycles. The van der Waals surface area contributed by atoms with Gasteiger partial charge < -0.3 is 0 Å². The van der Waals surface area contributed by atoms with Gasteiger partial charge in [0.05, 0.1) is 0 Å². The van der Waals surface area contributed by atoms with Crippen LogP contribution in [-0.2, 0) is 6.42 Å². The highest BCUT2D eigenvalue weighted by molar-refractivity contribution is 6.18. The number of hydrogen-bond donors (Lipinski definition) is 0. The van der Waals surface area contributed by atoms with Crippen molar-refractivity contribution < 1.29 is 0 Å². The summed E-state index contributed by atoms with van der Waals surface area (Å²) in [4.78, 5) is 4.33. The van der Waals surface area contributed by atoms with Crippen LogP contribution in [0.3, 0.4) is 0 Å². The van der Waals surface area contributed by atoms with Gasteiger partial charge in [0.2, 0.25) is 0 Å². The van der Waals surface area contributed by atoms with Gasteiger partial charge in [0.25, 0.3) is 0 Å². The monoisotopic (exact) mass is 243 g/mol. The zero-order chi connectivity index (χ0) is 12.3. The summed E-state index contributed by atoms with van der Waals surface area (Å²) >= 11 is 6.04. The van der Waals surface area contributed by atoms with Gasteiger partial charge in [-0.2, -0.15) is 5.10 Å². The third-order valence-corrected chi connectivity index (χ3v) is 3.35. The lowest BCUT2D eigenvalue weighted by Gasteiger charge is -2.28. The molecule has 0 bridgehead atoms. The molecule has 16 heavy (non-hydrogen) atoms. The summed E-state index contributed by atoms with van der Waals surface area (Å²) in [6, 6.07) is 0.355. The Hall–Kier alpha value is -0.570. The molecule has 0 aliphatic heterocycles. The van der Waals surface area contributed by atoms with Crippen LogP contribution >= 0.6 is 11.6 Å². The van der Waals surface area contributed by atoms with Crippen molar-refractivity contribution in [2.24, 2.45) is 11.3 Å². The molecular formula is C12H22ClN3. The first kappa shape index (κ1) is 13.5. The molecule has 0 fully saturated rings. The minimum atomic E-state index is 0.204. The van der Waals surface area contributed by atoms with Crippen LogP contribution in [0.15, 0.2) is 6.33 Å². The fraction of sp³-hybridized carbons (Fsp3) is 0.833. The summed E-state index contributed by atoms with van der Waals surface area (Å²) in [6.07, 6.45) is 2.52. The second kappa shape index (κ2) is 5.17. The Morgan fingerprint density at radius 3 is 2.44 bits per heavy atom. The molecule has 4 heteroatoms. The van der Waals surface area contributed by atoms with Crippen molar-refractivity contribution in [3.63, 3.8) is 0 Å². The molecule has 1 atom stereocenters. The molecule has 0 N–H and O–H groups in total. The molecule has 0 aromatic carbocycles. The molecule has 1 unspecified atom stereocenters. The molecule has 0 aliphatic carbocycles. The maximum absolute atomic E-state index is 6.04. The maximum atomic E-state index is 6.04. The van der Waals surface area contributed by atoms with Gasteiger partial charge in [0.15, 0.2) is 0 Å². The van der Waals surface area contributed by atoms with Crippen LogP contribution in [0.5, 0.6) is 0 Å². The van der Waals surface area contributed by atoms with E-state index in [9.17, 15) is 0 Å². The molecule has 0 saturated carbocycles. The van der Waals surface area contributed by atoms with Crippen molar-refractivity contribution in [1.82, 2.24) is 14.8 Å². The molecule has 1 aromatic rings. The molecule has 0 aliphatic rings. The van der Waals surface area contributed by atoms with Crippen LogP contribution in [0.25, 0.3) is 0 Å². The van der Waals surface area contributed by atoms with Crippen LogP contribution in [0.2, 0.25) is 0 Å². The van der Waals surface area contributed by atoms with Crippen LogP contribution in [-0.4, -0.2) is 20.6 Å². The Morgan fingerprint density at radius 1 is 1.38 bits per heavy atom. The average Bonchev–Trinajstić information content (AvgIpc) is 2.59. The lowest BCUT2D eigenvalue weighted by molar-refractivity contribution is 0.256. The van der Waals surface area contributed by atoms with E-state index in [1.807, 2.05) is 4.68 Å². The maximum Gasteiger partial charge on any atom is 0.138 e. The van der Waals surface area contributed by atoms with Gasteiger partial charge in [-0.1, -0.05) is 20.8 Å². The van der Waals surface area contributed by atoms with E-state index in [4.69, 9.17) is 11.6 Å². The predicted octanol–water partition coefficient (Wildman–Crippen LogP) is 3.30. The Bertz CT molecular complexity index is 325. The van der Waals surface area contributed by atoms with E-state index in [0.29, 0.717) is 17.8 Å². The van der Waals surface area contributed by atoms with Gasteiger partial charge in [0.1, 0.15) is 12.2 Å². The molecule has 1 aromatic heterocycles. The van der Waals surface area contributed by atoms with Crippen molar-refractivity contribution >= 4 is 11.6 Å². The number of nitrogens with zero attached hydrogens (tertiary/aromatic N) is 3. The summed E-state index contributed by atoms with van der Waals surface area (Å²) in [6.45, 7) is 10.9. The lowest BCUT2D eigenvalue weighted by atomic mass is 9.80. The highest BCUT2D eigenvalue weighted by Gasteiger charge is 2.26. The zero-order valence-corrected chi connectivity index (χ0v) is 11.6. The summed E-state index contributed by atoms with van der Waals surface area (Å²) < 4.78 is 1.98. The molecular weight excluding hydrogens is 222 g/mol.